The predicted molar refractivity (Wildman–Crippen MR) is 52.4 cm³/mol. The highest BCUT2D eigenvalue weighted by atomic mass is 35.5. The van der Waals surface area contributed by atoms with Crippen LogP contribution in [-0.4, -0.2) is 54.9 Å². The second-order valence-corrected chi connectivity index (χ2v) is 3.53. The molecule has 6 nitrogen and oxygen atoms in total. The van der Waals surface area contributed by atoms with E-state index in [0.29, 0.717) is 6.54 Å². The van der Waals surface area contributed by atoms with Crippen LogP contribution in [0.1, 0.15) is 6.92 Å². The Morgan fingerprint density at radius 3 is 2.57 bits per heavy atom. The zero-order valence-corrected chi connectivity index (χ0v) is 9.78. The molecular weight excluding hydrogens is 210 g/mol. The van der Waals surface area contributed by atoms with Gasteiger partial charge in [0.2, 0.25) is 0 Å². The van der Waals surface area contributed by atoms with E-state index in [2.05, 4.69) is 5.59 Å². The zero-order valence-electron chi connectivity index (χ0n) is 9.03. The number of hydrogen-bond donors (Lipinski definition) is 2. The SMILES string of the molecule is CO[N+](C)(NOC(C)Cl)N(C)CCO. The number of rotatable bonds is 7. The van der Waals surface area contributed by atoms with Crippen molar-refractivity contribution in [3.63, 3.8) is 0 Å². The molecule has 0 rings (SSSR count). The topological polar surface area (TPSA) is 54.0 Å². The highest BCUT2D eigenvalue weighted by Gasteiger charge is 2.29. The number of nitrogens with zero attached hydrogens (tertiary/aromatic N) is 2. The minimum absolute atomic E-state index is 0.0335. The van der Waals surface area contributed by atoms with E-state index in [1.54, 1.807) is 26.0 Å². The fraction of sp³-hybridized carbons (Fsp3) is 1.00. The van der Waals surface area contributed by atoms with E-state index in [4.69, 9.17) is 26.4 Å². The van der Waals surface area contributed by atoms with E-state index in [-0.39, 0.29) is 11.5 Å². The molecule has 0 saturated carbocycles. The predicted octanol–water partition coefficient (Wildman–Crippen LogP) is -0.145. The Bertz CT molecular complexity index is 161. The number of hydroxylamine groups is 1. The summed E-state index contributed by atoms with van der Waals surface area (Å²) in [4.78, 5) is 10.0. The fourth-order valence-electron chi connectivity index (χ4n) is 0.752. The van der Waals surface area contributed by atoms with Crippen molar-refractivity contribution in [1.82, 2.24) is 10.6 Å². The van der Waals surface area contributed by atoms with Crippen molar-refractivity contribution >= 4 is 11.6 Å². The van der Waals surface area contributed by atoms with Gasteiger partial charge in [0.15, 0.2) is 5.56 Å². The van der Waals surface area contributed by atoms with Gasteiger partial charge in [-0.1, -0.05) is 11.6 Å². The Balaban J connectivity index is 4.15. The van der Waals surface area contributed by atoms with E-state index < -0.39 is 5.56 Å². The van der Waals surface area contributed by atoms with Gasteiger partial charge < -0.3 is 5.11 Å². The molecule has 0 fully saturated rings. The highest BCUT2D eigenvalue weighted by molar-refractivity contribution is 6.19. The molecule has 0 spiro atoms. The Morgan fingerprint density at radius 2 is 2.21 bits per heavy atom. The lowest BCUT2D eigenvalue weighted by Gasteiger charge is -2.34. The third-order valence-electron chi connectivity index (χ3n) is 1.82. The van der Waals surface area contributed by atoms with E-state index in [0.717, 1.165) is 0 Å². The van der Waals surface area contributed by atoms with E-state index in [1.807, 2.05) is 0 Å². The summed E-state index contributed by atoms with van der Waals surface area (Å²) in [7, 11) is 5.01. The lowest BCUT2D eigenvalue weighted by Crippen LogP contribution is -2.63. The molecule has 14 heavy (non-hydrogen) atoms. The molecule has 0 saturated heterocycles. The van der Waals surface area contributed by atoms with Crippen LogP contribution in [0.3, 0.4) is 0 Å². The summed E-state index contributed by atoms with van der Waals surface area (Å²) in [6.07, 6.45) is 0. The Hall–Kier alpha value is 0.0500. The summed E-state index contributed by atoms with van der Waals surface area (Å²) < 4.78 is 0. The first-order valence-electron chi connectivity index (χ1n) is 4.28. The standard InChI is InChI=1S/C7H19ClN3O3/c1-7(8)14-9-11(3,13-4)10(2)5-6-12/h7,9,12H,5-6H2,1-4H3/q+1. The molecule has 2 N–H and O–H groups in total. The molecular formula is C7H19ClN3O3+. The Labute approximate surface area is 89.4 Å². The van der Waals surface area contributed by atoms with Gasteiger partial charge in [-0.15, -0.1) is 5.01 Å². The first-order chi connectivity index (χ1) is 6.46. The number of quaternary nitrogens is 1. The second kappa shape index (κ2) is 6.52. The average molecular weight is 229 g/mol. The van der Waals surface area contributed by atoms with Crippen LogP contribution in [-0.2, 0) is 9.68 Å². The maximum atomic E-state index is 8.77. The Morgan fingerprint density at radius 1 is 1.64 bits per heavy atom. The number of nitrogens with one attached hydrogen (secondary N) is 1. The zero-order chi connectivity index (χ0) is 11.2. The summed E-state index contributed by atoms with van der Waals surface area (Å²) >= 11 is 5.60. The molecule has 86 valence electrons. The molecule has 0 bridgehead atoms. The summed E-state index contributed by atoms with van der Waals surface area (Å²) in [5.74, 6) is 0. The third kappa shape index (κ3) is 4.52. The molecule has 0 aromatic rings. The van der Waals surface area contributed by atoms with Gasteiger partial charge in [0.05, 0.1) is 13.2 Å². The van der Waals surface area contributed by atoms with Crippen LogP contribution in [0, 0.1) is 0 Å². The first-order valence-corrected chi connectivity index (χ1v) is 4.71. The molecule has 2 unspecified atom stereocenters. The number of hydrogen-bond acceptors (Lipinski definition) is 5. The van der Waals surface area contributed by atoms with Gasteiger partial charge in [-0.25, -0.2) is 4.84 Å². The monoisotopic (exact) mass is 228 g/mol. The average Bonchev–Trinajstić information content (AvgIpc) is 2.14. The van der Waals surface area contributed by atoms with Gasteiger partial charge in [-0.2, -0.15) is 4.84 Å². The summed E-state index contributed by atoms with van der Waals surface area (Å²) in [6, 6.07) is 0. The minimum atomic E-state index is -0.467. The lowest BCUT2D eigenvalue weighted by atomic mass is 10.7. The number of alkyl halides is 1. The second-order valence-electron chi connectivity index (χ2n) is 2.92. The van der Waals surface area contributed by atoms with Crippen molar-refractivity contribution < 1.29 is 19.6 Å². The maximum absolute atomic E-state index is 8.77. The van der Waals surface area contributed by atoms with Crippen LogP contribution in [0.15, 0.2) is 0 Å². The number of likely N-dealkylation sites (N-methyl/N-ethyl adjacent to an activating group) is 1. The van der Waals surface area contributed by atoms with Crippen LogP contribution in [0.2, 0.25) is 0 Å². The third-order valence-corrected chi connectivity index (χ3v) is 1.90. The van der Waals surface area contributed by atoms with Crippen molar-refractivity contribution in [2.45, 2.75) is 12.5 Å². The van der Waals surface area contributed by atoms with Crippen molar-refractivity contribution in [3.8, 4) is 0 Å². The lowest BCUT2D eigenvalue weighted by molar-refractivity contribution is -1.22. The van der Waals surface area contributed by atoms with Crippen LogP contribution in [0.4, 0.5) is 0 Å². The largest absolute Gasteiger partial charge is 0.395 e. The van der Waals surface area contributed by atoms with Crippen molar-refractivity contribution in [1.29, 1.82) is 0 Å². The molecule has 2 atom stereocenters. The smallest absolute Gasteiger partial charge is 0.155 e. The maximum Gasteiger partial charge on any atom is 0.155 e. The van der Waals surface area contributed by atoms with Gasteiger partial charge in [-0.3, -0.25) is 0 Å². The molecule has 0 aliphatic rings. The summed E-state index contributed by atoms with van der Waals surface area (Å²) in [6.45, 7) is 2.16. The van der Waals surface area contributed by atoms with Crippen LogP contribution in [0.25, 0.3) is 0 Å². The fourth-order valence-corrected chi connectivity index (χ4v) is 0.792. The molecule has 7 heteroatoms. The van der Waals surface area contributed by atoms with Crippen LogP contribution >= 0.6 is 11.6 Å². The highest BCUT2D eigenvalue weighted by Crippen LogP contribution is 2.04. The minimum Gasteiger partial charge on any atom is -0.395 e. The number of aliphatic hydroxyl groups excluding tert-OH is 1. The van der Waals surface area contributed by atoms with Crippen molar-refractivity contribution in [3.05, 3.63) is 0 Å². The summed E-state index contributed by atoms with van der Waals surface area (Å²) in [5.41, 5.74) is 2.16. The van der Waals surface area contributed by atoms with E-state index in [9.17, 15) is 0 Å². The van der Waals surface area contributed by atoms with Crippen molar-refractivity contribution in [2.24, 2.45) is 0 Å². The van der Waals surface area contributed by atoms with Gasteiger partial charge in [0.1, 0.15) is 14.2 Å². The van der Waals surface area contributed by atoms with Gasteiger partial charge in [0.25, 0.3) is 0 Å². The molecule has 0 heterocycles. The Kier molecular flexibility index (Phi) is 6.54. The molecule has 0 radical (unpaired) electrons. The van der Waals surface area contributed by atoms with Gasteiger partial charge >= 0.3 is 0 Å². The number of aliphatic hydroxyl groups is 1. The number of halogens is 1. The first kappa shape index (κ1) is 14.1. The quantitative estimate of drug-likeness (QED) is 0.361. The van der Waals surface area contributed by atoms with E-state index >= 15 is 0 Å². The van der Waals surface area contributed by atoms with Gasteiger partial charge in [-0.05, 0) is 11.8 Å². The van der Waals surface area contributed by atoms with Gasteiger partial charge in [0, 0.05) is 12.6 Å². The van der Waals surface area contributed by atoms with Crippen LogP contribution < -0.4 is 5.59 Å². The van der Waals surface area contributed by atoms with Crippen molar-refractivity contribution in [2.75, 3.05) is 34.4 Å². The van der Waals surface area contributed by atoms with E-state index in [1.165, 1.54) is 7.11 Å². The molecule has 0 amide bonds. The normalized spacial score (nSPS) is 18.2. The summed E-state index contributed by atoms with van der Waals surface area (Å²) in [5, 5.41) is 10.5. The molecule has 0 aliphatic carbocycles. The molecule has 0 aromatic carbocycles. The van der Waals surface area contributed by atoms with Crippen LogP contribution in [0.5, 0.6) is 0 Å². The molecule has 0 aliphatic heterocycles. The molecule has 0 aromatic heterocycles.